The molecular weight excluding hydrogens is 521 g/mol. The third-order valence-corrected chi connectivity index (χ3v) is 7.02. The van der Waals surface area contributed by atoms with Gasteiger partial charge in [0.1, 0.15) is 0 Å². The van der Waals surface area contributed by atoms with Crippen LogP contribution < -0.4 is 10.2 Å². The van der Waals surface area contributed by atoms with Gasteiger partial charge in [-0.15, -0.1) is 10.2 Å². The Kier molecular flexibility index (Phi) is 9.03. The molecule has 0 unspecified atom stereocenters. The Balaban J connectivity index is 1.62. The first-order valence-corrected chi connectivity index (χ1v) is 12.9. The van der Waals surface area contributed by atoms with E-state index < -0.39 is 29.8 Å². The van der Waals surface area contributed by atoms with Crippen LogP contribution in [0.15, 0.2) is 83.0 Å². The van der Waals surface area contributed by atoms with E-state index in [0.29, 0.717) is 17.2 Å². The van der Waals surface area contributed by atoms with E-state index in [0.717, 1.165) is 25.0 Å². The first kappa shape index (κ1) is 28.6. The van der Waals surface area contributed by atoms with Crippen molar-refractivity contribution in [2.24, 2.45) is 10.2 Å². The van der Waals surface area contributed by atoms with Gasteiger partial charge in [0, 0.05) is 16.8 Å². The molecular formula is C29H29F3N6O2. The lowest BCUT2D eigenvalue weighted by Crippen LogP contribution is -2.32. The summed E-state index contributed by atoms with van der Waals surface area (Å²) in [6.45, 7) is 0.0481. The van der Waals surface area contributed by atoms with E-state index in [4.69, 9.17) is 11.1 Å². The van der Waals surface area contributed by atoms with Crippen LogP contribution in [-0.4, -0.2) is 18.1 Å². The van der Waals surface area contributed by atoms with Crippen LogP contribution in [-0.2, 0) is 12.7 Å². The Bertz CT molecular complexity index is 1350. The quantitative estimate of drug-likeness (QED) is 0.237. The van der Waals surface area contributed by atoms with Crippen LogP contribution in [0.1, 0.15) is 75.4 Å². The van der Waals surface area contributed by atoms with E-state index in [-0.39, 0.29) is 17.7 Å². The predicted molar refractivity (Wildman–Crippen MR) is 142 cm³/mol. The number of hydrogen-bond donors (Lipinski definition) is 3. The zero-order valence-corrected chi connectivity index (χ0v) is 21.6. The molecule has 11 heteroatoms. The van der Waals surface area contributed by atoms with Gasteiger partial charge in [-0.3, -0.25) is 9.59 Å². The van der Waals surface area contributed by atoms with Crippen LogP contribution in [0.2, 0.25) is 0 Å². The fourth-order valence-electron chi connectivity index (χ4n) is 4.87. The third kappa shape index (κ3) is 6.96. The molecule has 3 aromatic rings. The lowest BCUT2D eigenvalue weighted by molar-refractivity contribution is -0.137. The van der Waals surface area contributed by atoms with Crippen molar-refractivity contribution in [3.05, 3.63) is 101 Å². The van der Waals surface area contributed by atoms with E-state index in [1.807, 2.05) is 24.3 Å². The van der Waals surface area contributed by atoms with Crippen molar-refractivity contribution in [2.45, 2.75) is 57.0 Å². The molecule has 0 aliphatic heterocycles. The minimum absolute atomic E-state index is 0.0481. The number of hydrogen-bond acceptors (Lipinski definition) is 6. The van der Waals surface area contributed by atoms with Gasteiger partial charge >= 0.3 is 6.18 Å². The van der Waals surface area contributed by atoms with Crippen LogP contribution in [0, 0.1) is 11.1 Å². The number of rotatable bonds is 9. The average molecular weight is 551 g/mol. The molecule has 8 nitrogen and oxygen atoms in total. The summed E-state index contributed by atoms with van der Waals surface area (Å²) < 4.78 is 40.1. The summed E-state index contributed by atoms with van der Waals surface area (Å²) in [5, 5.41) is 8.34. The molecule has 208 valence electrons. The lowest BCUT2D eigenvalue weighted by Gasteiger charge is -2.26. The normalized spacial score (nSPS) is 14.7. The number of nitrogens with zero attached hydrogens (tertiary/aromatic N) is 3. The Morgan fingerprint density at radius 1 is 0.900 bits per heavy atom. The highest BCUT2D eigenvalue weighted by Crippen LogP contribution is 2.34. The summed E-state index contributed by atoms with van der Waals surface area (Å²) in [4.78, 5) is 27.4. The zero-order valence-electron chi connectivity index (χ0n) is 21.6. The van der Waals surface area contributed by atoms with Crippen LogP contribution in [0.4, 0.5) is 18.9 Å². The highest BCUT2D eigenvalue weighted by Gasteiger charge is 2.31. The molecule has 0 atom stereocenters. The standard InChI is InChI=1S/C29H29F3N6O2/c30-29(31,32)24-8-4-7-23(17-24)27(40)38(25-15-13-21(14-16-25)20-5-2-1-3-6-20)18-19-9-11-22(12-10-19)26(39)35-28(36-33)37-34/h4,7-17,20,28,33-34H,1-3,5-6,18H2,(H,35,39). The number of anilines is 1. The van der Waals surface area contributed by atoms with Crippen molar-refractivity contribution in [3.63, 3.8) is 0 Å². The predicted octanol–water partition coefficient (Wildman–Crippen LogP) is 7.68. The lowest BCUT2D eigenvalue weighted by atomic mass is 9.84. The van der Waals surface area contributed by atoms with Gasteiger partial charge in [0.25, 0.3) is 18.1 Å². The van der Waals surface area contributed by atoms with Crippen molar-refractivity contribution in [2.75, 3.05) is 4.90 Å². The van der Waals surface area contributed by atoms with Crippen molar-refractivity contribution < 1.29 is 22.8 Å². The molecule has 1 aliphatic carbocycles. The average Bonchev–Trinajstić information content (AvgIpc) is 2.98. The van der Waals surface area contributed by atoms with E-state index in [1.165, 1.54) is 54.0 Å². The maximum absolute atomic E-state index is 13.6. The number of nitrogens with one attached hydrogen (secondary N) is 3. The molecule has 1 fully saturated rings. The largest absolute Gasteiger partial charge is 0.416 e. The molecule has 0 heterocycles. The van der Waals surface area contributed by atoms with Crippen LogP contribution in [0.5, 0.6) is 0 Å². The van der Waals surface area contributed by atoms with Gasteiger partial charge < -0.3 is 10.2 Å². The molecule has 40 heavy (non-hydrogen) atoms. The number of amides is 2. The second kappa shape index (κ2) is 12.6. The molecule has 1 aliphatic rings. The van der Waals surface area contributed by atoms with Crippen molar-refractivity contribution in [1.82, 2.24) is 5.32 Å². The third-order valence-electron chi connectivity index (χ3n) is 7.02. The first-order chi connectivity index (χ1) is 19.2. The molecule has 0 spiro atoms. The minimum Gasteiger partial charge on any atom is -0.309 e. The van der Waals surface area contributed by atoms with Crippen LogP contribution in [0.3, 0.4) is 0 Å². The van der Waals surface area contributed by atoms with Gasteiger partial charge in [0.15, 0.2) is 0 Å². The molecule has 1 saturated carbocycles. The fourth-order valence-corrected chi connectivity index (χ4v) is 4.87. The van der Waals surface area contributed by atoms with Gasteiger partial charge in [0.2, 0.25) is 0 Å². The van der Waals surface area contributed by atoms with E-state index in [1.54, 1.807) is 12.1 Å². The van der Waals surface area contributed by atoms with E-state index in [9.17, 15) is 22.8 Å². The molecule has 0 aromatic heterocycles. The topological polar surface area (TPSA) is 122 Å². The molecule has 0 radical (unpaired) electrons. The van der Waals surface area contributed by atoms with Crippen molar-refractivity contribution in [1.29, 1.82) is 11.1 Å². The summed E-state index contributed by atoms with van der Waals surface area (Å²) in [5.74, 6) is -0.714. The molecule has 4 rings (SSSR count). The SMILES string of the molecule is N=NC(N=N)NC(=O)c1ccc(CN(C(=O)c2cccc(C(F)(F)F)c2)c2ccc(C3CCCCC3)cc2)cc1. The number of carbonyl (C=O) groups excluding carboxylic acids is 2. The van der Waals surface area contributed by atoms with E-state index >= 15 is 0 Å². The molecule has 2 amide bonds. The summed E-state index contributed by atoms with van der Waals surface area (Å²) in [5.41, 5.74) is 15.5. The van der Waals surface area contributed by atoms with Gasteiger partial charge in [-0.1, -0.05) is 49.6 Å². The van der Waals surface area contributed by atoms with Gasteiger partial charge in [0.05, 0.1) is 12.1 Å². The molecule has 3 aromatic carbocycles. The Labute approximate surface area is 229 Å². The van der Waals surface area contributed by atoms with Gasteiger partial charge in [-0.25, -0.2) is 11.1 Å². The number of carbonyl (C=O) groups is 2. The second-order valence-electron chi connectivity index (χ2n) is 9.70. The number of halogens is 3. The Hall–Kier alpha value is -4.41. The monoisotopic (exact) mass is 550 g/mol. The first-order valence-electron chi connectivity index (χ1n) is 12.9. The molecule has 0 bridgehead atoms. The number of benzene rings is 3. The summed E-state index contributed by atoms with van der Waals surface area (Å²) in [6.07, 6.45) is -0.0952. The molecule has 3 N–H and O–H groups in total. The fraction of sp³-hybridized carbons (Fsp3) is 0.310. The maximum Gasteiger partial charge on any atom is 0.416 e. The zero-order chi connectivity index (χ0) is 28.7. The Morgan fingerprint density at radius 2 is 1.55 bits per heavy atom. The van der Waals surface area contributed by atoms with Crippen molar-refractivity contribution >= 4 is 17.5 Å². The minimum atomic E-state index is -4.58. The van der Waals surface area contributed by atoms with Gasteiger partial charge in [-0.05, 0) is 72.4 Å². The highest BCUT2D eigenvalue weighted by molar-refractivity contribution is 6.06. The van der Waals surface area contributed by atoms with Gasteiger partial charge in [-0.2, -0.15) is 13.2 Å². The second-order valence-corrected chi connectivity index (χ2v) is 9.70. The smallest absolute Gasteiger partial charge is 0.309 e. The maximum atomic E-state index is 13.6. The van der Waals surface area contributed by atoms with E-state index in [2.05, 4.69) is 15.5 Å². The van der Waals surface area contributed by atoms with Crippen LogP contribution in [0.25, 0.3) is 0 Å². The summed E-state index contributed by atoms with van der Waals surface area (Å²) in [7, 11) is 0. The summed E-state index contributed by atoms with van der Waals surface area (Å²) >= 11 is 0. The molecule has 0 saturated heterocycles. The Morgan fingerprint density at radius 3 is 2.15 bits per heavy atom. The van der Waals surface area contributed by atoms with Crippen molar-refractivity contribution in [3.8, 4) is 0 Å². The summed E-state index contributed by atoms with van der Waals surface area (Å²) in [6, 6.07) is 18.2. The highest BCUT2D eigenvalue weighted by atomic mass is 19.4. The number of alkyl halides is 3. The van der Waals surface area contributed by atoms with Crippen LogP contribution >= 0.6 is 0 Å².